The first-order chi connectivity index (χ1) is 7.68. The molecule has 2 aromatic rings. The number of aromatic nitrogens is 2. The molecule has 2 rings (SSSR count). The van der Waals surface area contributed by atoms with Crippen LogP contribution < -0.4 is 4.74 Å². The lowest BCUT2D eigenvalue weighted by atomic mass is 10.3. The van der Waals surface area contributed by atoms with Gasteiger partial charge in [-0.3, -0.25) is 0 Å². The van der Waals surface area contributed by atoms with Crippen molar-refractivity contribution in [2.75, 3.05) is 0 Å². The van der Waals surface area contributed by atoms with Crippen LogP contribution >= 0.6 is 34.2 Å². The van der Waals surface area contributed by atoms with E-state index in [4.69, 9.17) is 16.3 Å². The van der Waals surface area contributed by atoms with Crippen LogP contribution in [0, 0.1) is 9.39 Å². The molecule has 0 saturated carbocycles. The minimum absolute atomic E-state index is 0.0153. The van der Waals surface area contributed by atoms with E-state index in [1.807, 2.05) is 22.6 Å². The molecule has 0 unspecified atom stereocenters. The molecule has 0 saturated heterocycles. The minimum atomic E-state index is -0.599. The summed E-state index contributed by atoms with van der Waals surface area (Å²) >= 11 is 7.63. The molecule has 16 heavy (non-hydrogen) atoms. The Balaban J connectivity index is 2.35. The van der Waals surface area contributed by atoms with Crippen molar-refractivity contribution in [3.8, 4) is 11.6 Å². The topological polar surface area (TPSA) is 35.0 Å². The quantitative estimate of drug-likeness (QED) is 0.775. The molecule has 1 aromatic carbocycles. The average molecular weight is 351 g/mol. The van der Waals surface area contributed by atoms with Gasteiger partial charge in [0.05, 0.1) is 8.59 Å². The summed E-state index contributed by atoms with van der Waals surface area (Å²) in [5, 5.41) is 0.0153. The van der Waals surface area contributed by atoms with E-state index >= 15 is 0 Å². The first-order valence-electron chi connectivity index (χ1n) is 4.26. The number of hydrogen-bond donors (Lipinski definition) is 0. The Morgan fingerprint density at radius 1 is 1.38 bits per heavy atom. The number of rotatable bonds is 2. The fourth-order valence-electron chi connectivity index (χ4n) is 1.04. The van der Waals surface area contributed by atoms with Gasteiger partial charge in [0.1, 0.15) is 6.33 Å². The first-order valence-corrected chi connectivity index (χ1v) is 5.71. The fourth-order valence-corrected chi connectivity index (χ4v) is 1.62. The highest BCUT2D eigenvalue weighted by Gasteiger charge is 2.10. The van der Waals surface area contributed by atoms with Crippen molar-refractivity contribution < 1.29 is 9.13 Å². The van der Waals surface area contributed by atoms with Crippen molar-refractivity contribution in [1.82, 2.24) is 9.97 Å². The molecule has 0 aliphatic heterocycles. The van der Waals surface area contributed by atoms with Crippen molar-refractivity contribution >= 4 is 34.2 Å². The van der Waals surface area contributed by atoms with Gasteiger partial charge < -0.3 is 4.74 Å². The fraction of sp³-hybridized carbons (Fsp3) is 0. The highest BCUT2D eigenvalue weighted by Crippen LogP contribution is 2.29. The second-order valence-corrected chi connectivity index (χ2v) is 4.40. The van der Waals surface area contributed by atoms with E-state index in [0.717, 1.165) is 0 Å². The average Bonchev–Trinajstić information content (AvgIpc) is 2.28. The third-order valence-corrected chi connectivity index (χ3v) is 2.79. The van der Waals surface area contributed by atoms with Crippen LogP contribution in [0.15, 0.2) is 30.7 Å². The Hall–Kier alpha value is -0.950. The number of hydrogen-bond acceptors (Lipinski definition) is 3. The van der Waals surface area contributed by atoms with Crippen molar-refractivity contribution in [1.29, 1.82) is 0 Å². The maximum absolute atomic E-state index is 13.5. The summed E-state index contributed by atoms with van der Waals surface area (Å²) in [6, 6.07) is 4.54. The van der Waals surface area contributed by atoms with Gasteiger partial charge in [0.25, 0.3) is 0 Å². The number of ether oxygens (including phenoxy) is 1. The largest absolute Gasteiger partial charge is 0.435 e. The summed E-state index contributed by atoms with van der Waals surface area (Å²) in [6.07, 6.45) is 2.91. The van der Waals surface area contributed by atoms with Crippen LogP contribution in [0.4, 0.5) is 4.39 Å². The lowest BCUT2D eigenvalue weighted by Gasteiger charge is -2.07. The summed E-state index contributed by atoms with van der Waals surface area (Å²) in [5.41, 5.74) is 0. The molecule has 0 spiro atoms. The van der Waals surface area contributed by atoms with Crippen LogP contribution in [0.5, 0.6) is 11.6 Å². The molecule has 0 N–H and O–H groups in total. The summed E-state index contributed by atoms with van der Waals surface area (Å²) < 4.78 is 19.5. The SMILES string of the molecule is Fc1c(Cl)cccc1Oc1ncncc1I. The second kappa shape index (κ2) is 4.92. The normalized spacial score (nSPS) is 10.2. The smallest absolute Gasteiger partial charge is 0.235 e. The van der Waals surface area contributed by atoms with E-state index in [1.165, 1.54) is 18.5 Å². The van der Waals surface area contributed by atoms with Crippen LogP contribution in [-0.4, -0.2) is 9.97 Å². The molecule has 3 nitrogen and oxygen atoms in total. The number of benzene rings is 1. The Labute approximate surface area is 110 Å². The molecule has 1 heterocycles. The van der Waals surface area contributed by atoms with Gasteiger partial charge in [0, 0.05) is 6.20 Å². The summed E-state index contributed by atoms with van der Waals surface area (Å²) in [5.74, 6) is -0.250. The highest BCUT2D eigenvalue weighted by molar-refractivity contribution is 14.1. The molecule has 0 aliphatic rings. The Morgan fingerprint density at radius 3 is 2.94 bits per heavy atom. The van der Waals surface area contributed by atoms with Crippen molar-refractivity contribution in [3.05, 3.63) is 45.1 Å². The van der Waals surface area contributed by atoms with E-state index in [0.29, 0.717) is 9.45 Å². The molecule has 0 fully saturated rings. The van der Waals surface area contributed by atoms with Gasteiger partial charge in [0.15, 0.2) is 11.6 Å². The van der Waals surface area contributed by atoms with Gasteiger partial charge in [-0.15, -0.1) is 0 Å². The lowest BCUT2D eigenvalue weighted by Crippen LogP contribution is -1.94. The van der Waals surface area contributed by atoms with Crippen molar-refractivity contribution in [2.45, 2.75) is 0 Å². The molecular weight excluding hydrogens is 345 g/mol. The van der Waals surface area contributed by atoms with E-state index in [2.05, 4.69) is 9.97 Å². The predicted molar refractivity (Wildman–Crippen MR) is 66.2 cm³/mol. The Kier molecular flexibility index (Phi) is 3.55. The highest BCUT2D eigenvalue weighted by atomic mass is 127. The van der Waals surface area contributed by atoms with Gasteiger partial charge in [-0.05, 0) is 34.7 Å². The van der Waals surface area contributed by atoms with Crippen LogP contribution in [0.3, 0.4) is 0 Å². The zero-order chi connectivity index (χ0) is 11.5. The Bertz CT molecular complexity index is 524. The zero-order valence-electron chi connectivity index (χ0n) is 7.82. The third kappa shape index (κ3) is 2.41. The maximum atomic E-state index is 13.5. The maximum Gasteiger partial charge on any atom is 0.235 e. The molecule has 6 heteroatoms. The lowest BCUT2D eigenvalue weighted by molar-refractivity contribution is 0.423. The molecule has 1 aromatic heterocycles. The monoisotopic (exact) mass is 350 g/mol. The van der Waals surface area contributed by atoms with E-state index in [9.17, 15) is 4.39 Å². The summed E-state index contributed by atoms with van der Waals surface area (Å²) in [6.45, 7) is 0. The minimum Gasteiger partial charge on any atom is -0.435 e. The number of halogens is 3. The Morgan fingerprint density at radius 2 is 2.19 bits per heavy atom. The van der Waals surface area contributed by atoms with E-state index in [-0.39, 0.29) is 10.8 Å². The second-order valence-electron chi connectivity index (χ2n) is 2.83. The van der Waals surface area contributed by atoms with Gasteiger partial charge in [-0.2, -0.15) is 0 Å². The van der Waals surface area contributed by atoms with Crippen LogP contribution in [0.1, 0.15) is 0 Å². The molecule has 0 amide bonds. The molecular formula is C10H5ClFIN2O. The molecule has 0 atom stereocenters. The van der Waals surface area contributed by atoms with Crippen LogP contribution in [0.25, 0.3) is 0 Å². The number of nitrogens with zero attached hydrogens (tertiary/aromatic N) is 2. The standard InChI is InChI=1S/C10H5ClFIN2O/c11-6-2-1-3-8(9(6)12)16-10-7(13)4-14-5-15-10/h1-5H. The molecule has 0 radical (unpaired) electrons. The van der Waals surface area contributed by atoms with Gasteiger partial charge in [-0.1, -0.05) is 17.7 Å². The zero-order valence-corrected chi connectivity index (χ0v) is 10.7. The summed E-state index contributed by atoms with van der Waals surface area (Å²) in [7, 11) is 0. The van der Waals surface area contributed by atoms with Crippen molar-refractivity contribution in [2.24, 2.45) is 0 Å². The van der Waals surface area contributed by atoms with E-state index in [1.54, 1.807) is 12.3 Å². The molecule has 0 aliphatic carbocycles. The van der Waals surface area contributed by atoms with Gasteiger partial charge in [-0.25, -0.2) is 14.4 Å². The molecule has 0 bridgehead atoms. The van der Waals surface area contributed by atoms with Gasteiger partial charge >= 0.3 is 0 Å². The summed E-state index contributed by atoms with van der Waals surface area (Å²) in [4.78, 5) is 7.70. The van der Waals surface area contributed by atoms with Crippen LogP contribution in [0.2, 0.25) is 5.02 Å². The predicted octanol–water partition coefficient (Wildman–Crippen LogP) is 3.67. The van der Waals surface area contributed by atoms with Crippen molar-refractivity contribution in [3.63, 3.8) is 0 Å². The van der Waals surface area contributed by atoms with Gasteiger partial charge in [0.2, 0.25) is 5.88 Å². The third-order valence-electron chi connectivity index (χ3n) is 1.76. The molecule has 82 valence electrons. The first kappa shape index (κ1) is 11.5. The van der Waals surface area contributed by atoms with E-state index < -0.39 is 5.82 Å². The van der Waals surface area contributed by atoms with Crippen LogP contribution in [-0.2, 0) is 0 Å².